The summed E-state index contributed by atoms with van der Waals surface area (Å²) >= 11 is 3.31. The van der Waals surface area contributed by atoms with Crippen LogP contribution < -0.4 is 0 Å². The molecule has 0 aromatic carbocycles. The highest BCUT2D eigenvalue weighted by atomic mass is 79.9. The van der Waals surface area contributed by atoms with Crippen LogP contribution in [0.3, 0.4) is 0 Å². The van der Waals surface area contributed by atoms with Crippen LogP contribution in [-0.2, 0) is 0 Å². The number of aryl methyl sites for hydroxylation is 1. The summed E-state index contributed by atoms with van der Waals surface area (Å²) in [6.45, 7) is 2.00. The number of halogens is 1. The van der Waals surface area contributed by atoms with Crippen molar-refractivity contribution >= 4 is 15.9 Å². The van der Waals surface area contributed by atoms with Crippen LogP contribution in [0.15, 0.2) is 35.2 Å². The number of hydrogen-bond acceptors (Lipinski definition) is 2. The van der Waals surface area contributed by atoms with Gasteiger partial charge in [-0.1, -0.05) is 6.07 Å². The van der Waals surface area contributed by atoms with E-state index in [0.29, 0.717) is 0 Å². The Morgan fingerprint density at radius 2 is 2.23 bits per heavy atom. The van der Waals surface area contributed by atoms with Crippen molar-refractivity contribution in [2.24, 2.45) is 0 Å². The van der Waals surface area contributed by atoms with Crippen molar-refractivity contribution in [2.45, 2.75) is 6.92 Å². The lowest BCUT2D eigenvalue weighted by Crippen LogP contribution is -1.96. The maximum atomic E-state index is 4.27. The molecule has 0 radical (unpaired) electrons. The second-order valence-corrected chi connectivity index (χ2v) is 3.59. The maximum Gasteiger partial charge on any atom is 0.154 e. The molecule has 0 fully saturated rings. The highest BCUT2D eigenvalue weighted by Crippen LogP contribution is 2.09. The SMILES string of the molecule is Cc1cnn(-c2cccc(Br)n2)c1. The average molecular weight is 238 g/mol. The highest BCUT2D eigenvalue weighted by Gasteiger charge is 1.98. The molecule has 0 spiro atoms. The second-order valence-electron chi connectivity index (χ2n) is 2.78. The third-order valence-electron chi connectivity index (χ3n) is 1.65. The standard InChI is InChI=1S/C9H8BrN3/c1-7-5-11-13(6-7)9-4-2-3-8(10)12-9/h2-6H,1H3. The van der Waals surface area contributed by atoms with Gasteiger partial charge in [-0.15, -0.1) is 0 Å². The predicted molar refractivity (Wildman–Crippen MR) is 53.8 cm³/mol. The Morgan fingerprint density at radius 1 is 1.38 bits per heavy atom. The van der Waals surface area contributed by atoms with Gasteiger partial charge in [-0.05, 0) is 40.5 Å². The number of nitrogens with zero attached hydrogens (tertiary/aromatic N) is 3. The zero-order valence-electron chi connectivity index (χ0n) is 7.11. The van der Waals surface area contributed by atoms with Gasteiger partial charge < -0.3 is 0 Å². The van der Waals surface area contributed by atoms with Crippen molar-refractivity contribution in [2.75, 3.05) is 0 Å². The van der Waals surface area contributed by atoms with E-state index in [0.717, 1.165) is 16.0 Å². The van der Waals surface area contributed by atoms with E-state index >= 15 is 0 Å². The fraction of sp³-hybridized carbons (Fsp3) is 0.111. The van der Waals surface area contributed by atoms with Gasteiger partial charge in [0.15, 0.2) is 5.82 Å². The number of aromatic nitrogens is 3. The van der Waals surface area contributed by atoms with Gasteiger partial charge in [-0.2, -0.15) is 5.10 Å². The molecule has 4 heteroatoms. The molecule has 0 saturated heterocycles. The van der Waals surface area contributed by atoms with Gasteiger partial charge in [0.1, 0.15) is 4.60 Å². The van der Waals surface area contributed by atoms with Gasteiger partial charge in [0.05, 0.1) is 6.20 Å². The summed E-state index contributed by atoms with van der Waals surface area (Å²) in [5, 5.41) is 4.16. The zero-order chi connectivity index (χ0) is 9.26. The van der Waals surface area contributed by atoms with Gasteiger partial charge in [0, 0.05) is 6.20 Å². The van der Waals surface area contributed by atoms with Crippen LogP contribution in [0.5, 0.6) is 0 Å². The molecule has 0 bridgehead atoms. The van der Waals surface area contributed by atoms with Crippen molar-refractivity contribution in [1.82, 2.24) is 14.8 Å². The van der Waals surface area contributed by atoms with E-state index in [-0.39, 0.29) is 0 Å². The van der Waals surface area contributed by atoms with Crippen LogP contribution in [0, 0.1) is 6.92 Å². The summed E-state index contributed by atoms with van der Waals surface area (Å²) in [5.41, 5.74) is 1.13. The van der Waals surface area contributed by atoms with Crippen LogP contribution >= 0.6 is 15.9 Å². The first kappa shape index (κ1) is 8.44. The average Bonchev–Trinajstić information content (AvgIpc) is 2.52. The Labute approximate surface area is 84.5 Å². The molecule has 0 atom stereocenters. The lowest BCUT2D eigenvalue weighted by atomic mass is 10.4. The summed E-state index contributed by atoms with van der Waals surface area (Å²) < 4.78 is 2.57. The lowest BCUT2D eigenvalue weighted by molar-refractivity contribution is 0.843. The van der Waals surface area contributed by atoms with Crippen molar-refractivity contribution in [3.8, 4) is 5.82 Å². The van der Waals surface area contributed by atoms with Crippen LogP contribution in [0.2, 0.25) is 0 Å². The Bertz CT molecular complexity index is 422. The van der Waals surface area contributed by atoms with Crippen LogP contribution in [-0.4, -0.2) is 14.8 Å². The molecule has 13 heavy (non-hydrogen) atoms. The molecule has 66 valence electrons. The molecule has 0 aliphatic rings. The topological polar surface area (TPSA) is 30.7 Å². The van der Waals surface area contributed by atoms with E-state index in [1.807, 2.05) is 37.5 Å². The molecular formula is C9H8BrN3. The highest BCUT2D eigenvalue weighted by molar-refractivity contribution is 9.10. The molecule has 0 N–H and O–H groups in total. The Morgan fingerprint density at radius 3 is 2.85 bits per heavy atom. The fourth-order valence-electron chi connectivity index (χ4n) is 1.06. The van der Waals surface area contributed by atoms with Crippen LogP contribution in [0.1, 0.15) is 5.56 Å². The number of rotatable bonds is 1. The molecule has 0 saturated carbocycles. The van der Waals surface area contributed by atoms with Crippen LogP contribution in [0.4, 0.5) is 0 Å². The molecule has 0 aliphatic carbocycles. The summed E-state index contributed by atoms with van der Waals surface area (Å²) in [7, 11) is 0. The van der Waals surface area contributed by atoms with Gasteiger partial charge in [0.2, 0.25) is 0 Å². The minimum Gasteiger partial charge on any atom is -0.222 e. The van der Waals surface area contributed by atoms with Crippen molar-refractivity contribution in [3.05, 3.63) is 40.8 Å². The molecule has 2 heterocycles. The molecule has 2 aromatic heterocycles. The molecule has 2 rings (SSSR count). The van der Waals surface area contributed by atoms with Crippen molar-refractivity contribution in [3.63, 3.8) is 0 Å². The van der Waals surface area contributed by atoms with Gasteiger partial charge in [-0.25, -0.2) is 9.67 Å². The lowest BCUT2D eigenvalue weighted by Gasteiger charge is -1.99. The Balaban J connectivity index is 2.46. The summed E-state index contributed by atoms with van der Waals surface area (Å²) in [4.78, 5) is 4.27. The first-order chi connectivity index (χ1) is 6.25. The normalized spacial score (nSPS) is 10.3. The molecular weight excluding hydrogens is 230 g/mol. The van der Waals surface area contributed by atoms with E-state index in [4.69, 9.17) is 0 Å². The minimum absolute atomic E-state index is 0.818. The third-order valence-corrected chi connectivity index (χ3v) is 2.09. The first-order valence-electron chi connectivity index (χ1n) is 3.90. The first-order valence-corrected chi connectivity index (χ1v) is 4.69. The maximum absolute atomic E-state index is 4.27. The molecule has 2 aromatic rings. The Kier molecular flexibility index (Phi) is 2.14. The van der Waals surface area contributed by atoms with E-state index in [1.54, 1.807) is 4.68 Å². The predicted octanol–water partition coefficient (Wildman–Crippen LogP) is 2.34. The molecule has 0 amide bonds. The van der Waals surface area contributed by atoms with Gasteiger partial charge in [-0.3, -0.25) is 0 Å². The quantitative estimate of drug-likeness (QED) is 0.714. The second kappa shape index (κ2) is 3.30. The monoisotopic (exact) mass is 237 g/mol. The van der Waals surface area contributed by atoms with Gasteiger partial charge in [0.25, 0.3) is 0 Å². The third kappa shape index (κ3) is 1.78. The smallest absolute Gasteiger partial charge is 0.154 e. The summed E-state index contributed by atoms with van der Waals surface area (Å²) in [5.74, 6) is 0.822. The fourth-order valence-corrected chi connectivity index (χ4v) is 1.40. The minimum atomic E-state index is 0.818. The van der Waals surface area contributed by atoms with Crippen molar-refractivity contribution in [1.29, 1.82) is 0 Å². The van der Waals surface area contributed by atoms with E-state index < -0.39 is 0 Å². The van der Waals surface area contributed by atoms with Gasteiger partial charge >= 0.3 is 0 Å². The molecule has 3 nitrogen and oxygen atoms in total. The van der Waals surface area contributed by atoms with Crippen LogP contribution in [0.25, 0.3) is 5.82 Å². The number of hydrogen-bond donors (Lipinski definition) is 0. The van der Waals surface area contributed by atoms with Crippen molar-refractivity contribution < 1.29 is 0 Å². The Hall–Kier alpha value is -1.16. The van der Waals surface area contributed by atoms with E-state index in [2.05, 4.69) is 26.0 Å². The molecule has 0 unspecified atom stereocenters. The zero-order valence-corrected chi connectivity index (χ0v) is 8.69. The van der Waals surface area contributed by atoms with E-state index in [1.165, 1.54) is 0 Å². The van der Waals surface area contributed by atoms with E-state index in [9.17, 15) is 0 Å². The molecule has 0 aliphatic heterocycles. The largest absolute Gasteiger partial charge is 0.222 e. The summed E-state index contributed by atoms with van der Waals surface area (Å²) in [6, 6.07) is 5.74. The number of pyridine rings is 1. The summed E-state index contributed by atoms with van der Waals surface area (Å²) in [6.07, 6.45) is 3.75.